The van der Waals surface area contributed by atoms with Gasteiger partial charge >= 0.3 is 5.97 Å². The van der Waals surface area contributed by atoms with Crippen LogP contribution >= 0.6 is 0 Å². The Balaban J connectivity index is 2.38. The summed E-state index contributed by atoms with van der Waals surface area (Å²) < 4.78 is 0. The molecule has 2 fully saturated rings. The zero-order valence-electron chi connectivity index (χ0n) is 12.7. The predicted molar refractivity (Wildman–Crippen MR) is 74.8 cm³/mol. The molecule has 3 nitrogen and oxygen atoms in total. The fraction of sp³-hybridized carbons (Fsp3) is 0.938. The molecule has 0 aromatic heterocycles. The Morgan fingerprint density at radius 2 is 1.79 bits per heavy atom. The van der Waals surface area contributed by atoms with Gasteiger partial charge < -0.3 is 10.2 Å². The van der Waals surface area contributed by atoms with Crippen LogP contribution in [0.1, 0.15) is 66.2 Å². The van der Waals surface area contributed by atoms with Crippen molar-refractivity contribution in [2.75, 3.05) is 0 Å². The molecule has 19 heavy (non-hydrogen) atoms. The van der Waals surface area contributed by atoms with E-state index >= 15 is 0 Å². The van der Waals surface area contributed by atoms with Crippen molar-refractivity contribution in [1.82, 2.24) is 0 Å². The fourth-order valence-electron chi connectivity index (χ4n) is 5.25. The van der Waals surface area contributed by atoms with Crippen molar-refractivity contribution in [1.29, 1.82) is 0 Å². The van der Waals surface area contributed by atoms with Crippen LogP contribution in [0.25, 0.3) is 0 Å². The molecule has 2 saturated carbocycles. The quantitative estimate of drug-likeness (QED) is 0.806. The fourth-order valence-corrected chi connectivity index (χ4v) is 5.25. The lowest BCUT2D eigenvalue weighted by Gasteiger charge is -2.61. The number of carboxylic acid groups (broad SMARTS) is 1. The standard InChI is InChI=1S/C16H28O3/c1-14(2)7-5-8-15(3)11(14)6-9-16(4,19)12(15)10-13(17)18/h11-12,19H,5-10H2,1-4H3,(H,17,18). The van der Waals surface area contributed by atoms with Gasteiger partial charge in [0, 0.05) is 5.92 Å². The van der Waals surface area contributed by atoms with E-state index in [0.717, 1.165) is 25.7 Å². The van der Waals surface area contributed by atoms with E-state index in [1.54, 1.807) is 0 Å². The molecule has 2 aliphatic rings. The molecule has 3 heteroatoms. The number of aliphatic carboxylic acids is 1. The molecule has 0 spiro atoms. The van der Waals surface area contributed by atoms with Gasteiger partial charge in [-0.25, -0.2) is 0 Å². The van der Waals surface area contributed by atoms with Crippen molar-refractivity contribution in [2.45, 2.75) is 71.8 Å². The lowest BCUT2D eigenvalue weighted by molar-refractivity contribution is -0.178. The third kappa shape index (κ3) is 2.42. The third-order valence-electron chi connectivity index (χ3n) is 6.14. The van der Waals surface area contributed by atoms with E-state index in [0.29, 0.717) is 5.92 Å². The van der Waals surface area contributed by atoms with E-state index in [1.165, 1.54) is 6.42 Å². The van der Waals surface area contributed by atoms with E-state index in [-0.39, 0.29) is 23.2 Å². The van der Waals surface area contributed by atoms with E-state index in [1.807, 2.05) is 6.92 Å². The highest BCUT2D eigenvalue weighted by Gasteiger charge is 2.58. The summed E-state index contributed by atoms with van der Waals surface area (Å²) in [5.41, 5.74) is -0.612. The Labute approximate surface area is 116 Å². The smallest absolute Gasteiger partial charge is 0.303 e. The number of hydrogen-bond acceptors (Lipinski definition) is 2. The highest BCUT2D eigenvalue weighted by Crippen LogP contribution is 2.62. The minimum absolute atomic E-state index is 0.0398. The van der Waals surface area contributed by atoms with E-state index in [2.05, 4.69) is 20.8 Å². The van der Waals surface area contributed by atoms with Crippen molar-refractivity contribution in [3.63, 3.8) is 0 Å². The summed E-state index contributed by atoms with van der Waals surface area (Å²) in [6, 6.07) is 0. The first-order valence-corrected chi connectivity index (χ1v) is 7.54. The molecule has 0 bridgehead atoms. The Kier molecular flexibility index (Phi) is 3.49. The SMILES string of the molecule is CC1(C)CCCC2(C)C1CCC(C)(O)C2CC(=O)O. The Morgan fingerprint density at radius 1 is 1.16 bits per heavy atom. The van der Waals surface area contributed by atoms with Gasteiger partial charge in [0.25, 0.3) is 0 Å². The van der Waals surface area contributed by atoms with E-state index < -0.39 is 11.6 Å². The molecule has 0 amide bonds. The Bertz CT molecular complexity index is 372. The molecule has 4 atom stereocenters. The largest absolute Gasteiger partial charge is 0.481 e. The van der Waals surface area contributed by atoms with Crippen LogP contribution in [-0.4, -0.2) is 21.8 Å². The van der Waals surface area contributed by atoms with Crippen LogP contribution in [0.15, 0.2) is 0 Å². The number of fused-ring (bicyclic) bond motifs is 1. The van der Waals surface area contributed by atoms with Crippen LogP contribution in [0.3, 0.4) is 0 Å². The van der Waals surface area contributed by atoms with Gasteiger partial charge in [0.15, 0.2) is 0 Å². The molecule has 4 unspecified atom stereocenters. The summed E-state index contributed by atoms with van der Waals surface area (Å²) in [5.74, 6) is -0.385. The number of carbonyl (C=O) groups is 1. The zero-order chi connectivity index (χ0) is 14.5. The average Bonchev–Trinajstić information content (AvgIpc) is 2.22. The first-order valence-electron chi connectivity index (χ1n) is 7.54. The normalized spacial score (nSPS) is 45.5. The molecule has 0 saturated heterocycles. The lowest BCUT2D eigenvalue weighted by atomic mass is 9.45. The number of hydrogen-bond donors (Lipinski definition) is 2. The van der Waals surface area contributed by atoms with Crippen molar-refractivity contribution >= 4 is 5.97 Å². The number of carboxylic acids is 1. The van der Waals surface area contributed by atoms with Crippen molar-refractivity contribution in [3.8, 4) is 0 Å². The predicted octanol–water partition coefficient (Wildman–Crippen LogP) is 3.45. The number of rotatable bonds is 2. The van der Waals surface area contributed by atoms with Gasteiger partial charge in [-0.3, -0.25) is 4.79 Å². The molecule has 0 radical (unpaired) electrons. The van der Waals surface area contributed by atoms with Gasteiger partial charge in [0.1, 0.15) is 0 Å². The Morgan fingerprint density at radius 3 is 2.37 bits per heavy atom. The summed E-state index contributed by atoms with van der Waals surface area (Å²) in [4.78, 5) is 11.2. The van der Waals surface area contributed by atoms with E-state index in [4.69, 9.17) is 0 Å². The molecule has 0 aromatic carbocycles. The highest BCUT2D eigenvalue weighted by atomic mass is 16.4. The van der Waals surface area contributed by atoms with Crippen LogP contribution in [-0.2, 0) is 4.79 Å². The molecular formula is C16H28O3. The highest BCUT2D eigenvalue weighted by molar-refractivity contribution is 5.67. The van der Waals surface area contributed by atoms with Crippen LogP contribution < -0.4 is 0 Å². The maximum absolute atomic E-state index is 11.2. The monoisotopic (exact) mass is 268 g/mol. The van der Waals surface area contributed by atoms with Gasteiger partial charge in [-0.15, -0.1) is 0 Å². The van der Waals surface area contributed by atoms with Crippen LogP contribution in [0.2, 0.25) is 0 Å². The summed E-state index contributed by atoms with van der Waals surface area (Å²) in [7, 11) is 0. The molecule has 110 valence electrons. The first-order chi connectivity index (χ1) is 8.59. The molecule has 2 rings (SSSR count). The Hall–Kier alpha value is -0.570. The summed E-state index contributed by atoms with van der Waals surface area (Å²) in [6.07, 6.45) is 5.26. The second-order valence-corrected chi connectivity index (χ2v) is 7.95. The maximum Gasteiger partial charge on any atom is 0.303 e. The van der Waals surface area contributed by atoms with Crippen molar-refractivity contribution in [2.24, 2.45) is 22.7 Å². The first kappa shape index (κ1) is 14.8. The van der Waals surface area contributed by atoms with E-state index in [9.17, 15) is 15.0 Å². The molecule has 2 aliphatic carbocycles. The molecule has 2 N–H and O–H groups in total. The van der Waals surface area contributed by atoms with Crippen molar-refractivity contribution in [3.05, 3.63) is 0 Å². The summed E-state index contributed by atoms with van der Waals surface area (Å²) in [5, 5.41) is 19.9. The maximum atomic E-state index is 11.2. The lowest BCUT2D eigenvalue weighted by Crippen LogP contribution is -2.58. The zero-order valence-corrected chi connectivity index (χ0v) is 12.7. The van der Waals surface area contributed by atoms with Gasteiger partial charge in [-0.1, -0.05) is 27.2 Å². The summed E-state index contributed by atoms with van der Waals surface area (Å²) in [6.45, 7) is 8.68. The minimum atomic E-state index is -0.836. The summed E-state index contributed by atoms with van der Waals surface area (Å²) >= 11 is 0. The van der Waals surface area contributed by atoms with Crippen molar-refractivity contribution < 1.29 is 15.0 Å². The number of aliphatic hydroxyl groups is 1. The second kappa shape index (κ2) is 4.47. The molecular weight excluding hydrogens is 240 g/mol. The van der Waals surface area contributed by atoms with Gasteiger partial charge in [-0.05, 0) is 49.4 Å². The molecule has 0 aliphatic heterocycles. The topological polar surface area (TPSA) is 57.5 Å². The van der Waals surface area contributed by atoms with Crippen LogP contribution in [0.4, 0.5) is 0 Å². The van der Waals surface area contributed by atoms with Gasteiger partial charge in [-0.2, -0.15) is 0 Å². The third-order valence-corrected chi connectivity index (χ3v) is 6.14. The van der Waals surface area contributed by atoms with Crippen LogP contribution in [0, 0.1) is 22.7 Å². The molecule has 0 heterocycles. The van der Waals surface area contributed by atoms with Gasteiger partial charge in [0.2, 0.25) is 0 Å². The molecule has 0 aromatic rings. The minimum Gasteiger partial charge on any atom is -0.481 e. The average molecular weight is 268 g/mol. The van der Waals surface area contributed by atoms with Gasteiger partial charge in [0.05, 0.1) is 12.0 Å². The second-order valence-electron chi connectivity index (χ2n) is 7.95. The van der Waals surface area contributed by atoms with Crippen LogP contribution in [0.5, 0.6) is 0 Å².